The average Bonchev–Trinajstić information content (AvgIpc) is 3.00. The van der Waals surface area contributed by atoms with Crippen molar-refractivity contribution in [2.45, 2.75) is 51.6 Å². The number of nitrogens with zero attached hydrogens (tertiary/aromatic N) is 3. The highest BCUT2D eigenvalue weighted by molar-refractivity contribution is 5.07. The molecular weight excluding hydrogens is 236 g/mol. The topological polar surface area (TPSA) is 47.1 Å². The van der Waals surface area contributed by atoms with Gasteiger partial charge in [0.05, 0.1) is 18.1 Å². The van der Waals surface area contributed by atoms with Crippen molar-refractivity contribution in [3.05, 3.63) is 18.2 Å². The molecule has 1 atom stereocenters. The van der Waals surface area contributed by atoms with Gasteiger partial charge in [0.15, 0.2) is 0 Å². The number of aryl methyl sites for hydroxylation is 1. The number of hydrogen-bond acceptors (Lipinski definition) is 3. The van der Waals surface area contributed by atoms with Crippen molar-refractivity contribution >= 4 is 0 Å². The van der Waals surface area contributed by atoms with E-state index in [9.17, 15) is 0 Å². The monoisotopic (exact) mass is 264 g/mol. The standard InChI is InChI=1S/C15H28N4/c1-12(2)10-19(13-6-4-5-7-13)14(8-16)15-9-17-11-18(15)3/h9,11-14H,4-8,10,16H2,1-3H3. The van der Waals surface area contributed by atoms with Gasteiger partial charge in [-0.05, 0) is 18.8 Å². The summed E-state index contributed by atoms with van der Waals surface area (Å²) >= 11 is 0. The third kappa shape index (κ3) is 3.37. The highest BCUT2D eigenvalue weighted by atomic mass is 15.2. The largest absolute Gasteiger partial charge is 0.336 e. The molecular formula is C15H28N4. The Bertz CT molecular complexity index is 379. The molecule has 0 saturated heterocycles. The van der Waals surface area contributed by atoms with E-state index in [2.05, 4.69) is 35.3 Å². The summed E-state index contributed by atoms with van der Waals surface area (Å²) < 4.78 is 2.11. The first kappa shape index (κ1) is 14.5. The molecule has 19 heavy (non-hydrogen) atoms. The normalized spacial score (nSPS) is 18.6. The summed E-state index contributed by atoms with van der Waals surface area (Å²) in [4.78, 5) is 6.89. The van der Waals surface area contributed by atoms with Crippen molar-refractivity contribution in [1.29, 1.82) is 0 Å². The van der Waals surface area contributed by atoms with Crippen LogP contribution in [-0.2, 0) is 7.05 Å². The third-order valence-electron chi connectivity index (χ3n) is 4.19. The predicted octanol–water partition coefficient (Wildman–Crippen LogP) is 2.32. The van der Waals surface area contributed by atoms with Gasteiger partial charge in [-0.15, -0.1) is 0 Å². The second-order valence-corrected chi connectivity index (χ2v) is 6.21. The molecule has 0 bridgehead atoms. The highest BCUT2D eigenvalue weighted by Gasteiger charge is 2.30. The predicted molar refractivity (Wildman–Crippen MR) is 78.8 cm³/mol. The lowest BCUT2D eigenvalue weighted by Crippen LogP contribution is -2.43. The maximum atomic E-state index is 6.09. The molecule has 1 unspecified atom stereocenters. The summed E-state index contributed by atoms with van der Waals surface area (Å²) in [6, 6.07) is 1.00. The number of imidazole rings is 1. The molecule has 2 N–H and O–H groups in total. The molecule has 0 radical (unpaired) electrons. The maximum Gasteiger partial charge on any atom is 0.0946 e. The molecule has 1 fully saturated rings. The van der Waals surface area contributed by atoms with Crippen LogP contribution in [0.1, 0.15) is 51.3 Å². The second kappa shape index (κ2) is 6.53. The molecule has 1 aromatic heterocycles. The van der Waals surface area contributed by atoms with Crippen LogP contribution in [0, 0.1) is 5.92 Å². The van der Waals surface area contributed by atoms with Gasteiger partial charge < -0.3 is 10.3 Å². The molecule has 0 spiro atoms. The second-order valence-electron chi connectivity index (χ2n) is 6.21. The van der Waals surface area contributed by atoms with Gasteiger partial charge >= 0.3 is 0 Å². The average molecular weight is 264 g/mol. The Hall–Kier alpha value is -0.870. The fourth-order valence-electron chi connectivity index (χ4n) is 3.30. The minimum atomic E-state index is 0.304. The van der Waals surface area contributed by atoms with Crippen molar-refractivity contribution in [2.75, 3.05) is 13.1 Å². The van der Waals surface area contributed by atoms with Crippen LogP contribution < -0.4 is 5.73 Å². The highest BCUT2D eigenvalue weighted by Crippen LogP contribution is 2.31. The van der Waals surface area contributed by atoms with Crippen LogP contribution in [0.3, 0.4) is 0 Å². The van der Waals surface area contributed by atoms with E-state index in [0.717, 1.165) is 6.54 Å². The minimum Gasteiger partial charge on any atom is -0.336 e. The van der Waals surface area contributed by atoms with Gasteiger partial charge in [-0.25, -0.2) is 4.98 Å². The number of nitrogens with two attached hydrogens (primary N) is 1. The van der Waals surface area contributed by atoms with Gasteiger partial charge in [0.25, 0.3) is 0 Å². The Morgan fingerprint density at radius 1 is 1.42 bits per heavy atom. The molecule has 1 heterocycles. The van der Waals surface area contributed by atoms with E-state index < -0.39 is 0 Å². The number of hydrogen-bond donors (Lipinski definition) is 1. The SMILES string of the molecule is CC(C)CN(C1CCCC1)C(CN)c1cncn1C. The first-order chi connectivity index (χ1) is 9.13. The zero-order valence-electron chi connectivity index (χ0n) is 12.5. The van der Waals surface area contributed by atoms with Crippen LogP contribution in [0.15, 0.2) is 12.5 Å². The molecule has 1 saturated carbocycles. The van der Waals surface area contributed by atoms with E-state index in [-0.39, 0.29) is 0 Å². The molecule has 0 amide bonds. The Morgan fingerprint density at radius 2 is 2.11 bits per heavy atom. The molecule has 108 valence electrons. The smallest absolute Gasteiger partial charge is 0.0946 e. The van der Waals surface area contributed by atoms with Crippen LogP contribution in [0.25, 0.3) is 0 Å². The first-order valence-electron chi connectivity index (χ1n) is 7.55. The van der Waals surface area contributed by atoms with E-state index in [4.69, 9.17) is 5.73 Å². The van der Waals surface area contributed by atoms with Crippen LogP contribution in [0.5, 0.6) is 0 Å². The fraction of sp³-hybridized carbons (Fsp3) is 0.800. The molecule has 1 aliphatic carbocycles. The Balaban J connectivity index is 2.21. The zero-order chi connectivity index (χ0) is 13.8. The zero-order valence-corrected chi connectivity index (χ0v) is 12.5. The molecule has 0 aromatic carbocycles. The van der Waals surface area contributed by atoms with E-state index in [1.54, 1.807) is 0 Å². The van der Waals surface area contributed by atoms with Crippen LogP contribution in [0.2, 0.25) is 0 Å². The fourth-order valence-corrected chi connectivity index (χ4v) is 3.30. The van der Waals surface area contributed by atoms with Gasteiger partial charge in [0.2, 0.25) is 0 Å². The lowest BCUT2D eigenvalue weighted by atomic mass is 10.0. The Kier molecular flexibility index (Phi) is 4.99. The van der Waals surface area contributed by atoms with E-state index in [1.807, 2.05) is 12.5 Å². The van der Waals surface area contributed by atoms with Crippen molar-refractivity contribution in [3.8, 4) is 0 Å². The summed E-state index contributed by atoms with van der Waals surface area (Å²) in [5.74, 6) is 0.669. The van der Waals surface area contributed by atoms with Crippen molar-refractivity contribution < 1.29 is 0 Å². The Morgan fingerprint density at radius 3 is 2.58 bits per heavy atom. The third-order valence-corrected chi connectivity index (χ3v) is 4.19. The molecule has 1 aliphatic rings. The summed E-state index contributed by atoms with van der Waals surface area (Å²) in [5, 5.41) is 0. The number of rotatable bonds is 6. The van der Waals surface area contributed by atoms with E-state index >= 15 is 0 Å². The van der Waals surface area contributed by atoms with E-state index in [1.165, 1.54) is 31.4 Å². The molecule has 2 rings (SSSR count). The molecule has 4 heteroatoms. The lowest BCUT2D eigenvalue weighted by Gasteiger charge is -2.37. The maximum absolute atomic E-state index is 6.09. The molecule has 4 nitrogen and oxygen atoms in total. The molecule has 0 aliphatic heterocycles. The van der Waals surface area contributed by atoms with Crippen molar-refractivity contribution in [1.82, 2.24) is 14.5 Å². The van der Waals surface area contributed by atoms with Crippen LogP contribution in [-0.4, -0.2) is 33.6 Å². The first-order valence-corrected chi connectivity index (χ1v) is 7.55. The summed E-state index contributed by atoms with van der Waals surface area (Å²) in [7, 11) is 2.06. The van der Waals surface area contributed by atoms with Crippen molar-refractivity contribution in [2.24, 2.45) is 18.7 Å². The van der Waals surface area contributed by atoms with Crippen LogP contribution >= 0.6 is 0 Å². The van der Waals surface area contributed by atoms with Gasteiger partial charge in [-0.3, -0.25) is 4.90 Å². The number of aromatic nitrogens is 2. The summed E-state index contributed by atoms with van der Waals surface area (Å²) in [5.41, 5.74) is 7.34. The van der Waals surface area contributed by atoms with Crippen molar-refractivity contribution in [3.63, 3.8) is 0 Å². The summed E-state index contributed by atoms with van der Waals surface area (Å²) in [6.07, 6.45) is 9.21. The summed E-state index contributed by atoms with van der Waals surface area (Å²) in [6.45, 7) is 6.37. The quantitative estimate of drug-likeness (QED) is 0.858. The van der Waals surface area contributed by atoms with Gasteiger partial charge in [0.1, 0.15) is 0 Å². The Labute approximate surface area is 117 Å². The van der Waals surface area contributed by atoms with Gasteiger partial charge in [0, 0.05) is 32.4 Å². The van der Waals surface area contributed by atoms with Gasteiger partial charge in [-0.2, -0.15) is 0 Å². The van der Waals surface area contributed by atoms with Crippen LogP contribution in [0.4, 0.5) is 0 Å². The van der Waals surface area contributed by atoms with E-state index in [0.29, 0.717) is 24.5 Å². The minimum absolute atomic E-state index is 0.304. The lowest BCUT2D eigenvalue weighted by molar-refractivity contribution is 0.117. The molecule has 1 aromatic rings. The van der Waals surface area contributed by atoms with Gasteiger partial charge in [-0.1, -0.05) is 26.7 Å².